The van der Waals surface area contributed by atoms with Gasteiger partial charge in [-0.1, -0.05) is 127 Å². The summed E-state index contributed by atoms with van der Waals surface area (Å²) in [6.45, 7) is 0. The first-order valence-electron chi connectivity index (χ1n) is 20.0. The molecule has 1 aliphatic heterocycles. The Kier molecular flexibility index (Phi) is 7.28. The molecule has 12 rings (SSSR count). The Labute approximate surface area is 335 Å². The summed E-state index contributed by atoms with van der Waals surface area (Å²) in [6, 6.07) is 67.7. The second-order valence-corrected chi connectivity index (χ2v) is 15.4. The van der Waals surface area contributed by atoms with Gasteiger partial charge in [0.2, 0.25) is 0 Å². The van der Waals surface area contributed by atoms with Crippen LogP contribution in [0.3, 0.4) is 0 Å². The molecule has 0 fully saturated rings. The van der Waals surface area contributed by atoms with E-state index in [2.05, 4.69) is 221 Å². The van der Waals surface area contributed by atoms with Gasteiger partial charge < -0.3 is 18.5 Å². The third-order valence-corrected chi connectivity index (χ3v) is 12.2. The van der Waals surface area contributed by atoms with Crippen LogP contribution in [0.15, 0.2) is 199 Å². The highest BCUT2D eigenvalue weighted by atomic mass is 16.3. The van der Waals surface area contributed by atoms with E-state index < -0.39 is 0 Å². The van der Waals surface area contributed by atoms with Gasteiger partial charge in [-0.25, -0.2) is 0 Å². The lowest BCUT2D eigenvalue weighted by Crippen LogP contribution is -2.44. The molecular weight excluding hydrogens is 709 g/mol. The molecule has 0 amide bonds. The molecule has 8 aromatic carbocycles. The Hall–Kier alpha value is -7.34. The maximum atomic E-state index is 6.82. The summed E-state index contributed by atoms with van der Waals surface area (Å²) >= 11 is 0. The van der Waals surface area contributed by atoms with Crippen LogP contribution in [-0.2, 0) is 0 Å². The van der Waals surface area contributed by atoms with E-state index in [1.807, 2.05) is 0 Å². The van der Waals surface area contributed by atoms with Gasteiger partial charge >= 0.3 is 0 Å². The van der Waals surface area contributed by atoms with E-state index in [4.69, 9.17) is 4.42 Å². The van der Waals surface area contributed by atoms with Crippen molar-refractivity contribution in [2.24, 2.45) is 0 Å². The minimum atomic E-state index is -0.210. The molecule has 1 aliphatic rings. The summed E-state index contributed by atoms with van der Waals surface area (Å²) in [7, 11) is 2.20. The Bertz CT molecular complexity index is 3390. The van der Waals surface area contributed by atoms with Crippen molar-refractivity contribution in [2.45, 2.75) is 12.3 Å². The molecule has 0 bridgehead atoms. The van der Waals surface area contributed by atoms with E-state index in [0.717, 1.165) is 55.0 Å². The van der Waals surface area contributed by atoms with Gasteiger partial charge in [-0.05, 0) is 89.0 Å². The fourth-order valence-electron chi connectivity index (χ4n) is 9.50. The highest BCUT2D eigenvalue weighted by Gasteiger charge is 2.32. The molecule has 2 unspecified atom stereocenters. The molecule has 4 heterocycles. The van der Waals surface area contributed by atoms with E-state index in [1.165, 1.54) is 44.2 Å². The lowest BCUT2D eigenvalue weighted by Gasteiger charge is -2.41. The highest BCUT2D eigenvalue weighted by Crippen LogP contribution is 2.44. The second kappa shape index (κ2) is 12.8. The molecule has 1 N–H and O–H groups in total. The van der Waals surface area contributed by atoms with Crippen LogP contribution >= 0.6 is 0 Å². The lowest BCUT2D eigenvalue weighted by atomic mass is 10.00. The van der Waals surface area contributed by atoms with Gasteiger partial charge in [-0.3, -0.25) is 5.32 Å². The minimum Gasteiger partial charge on any atom is -0.455 e. The topological polar surface area (TPSA) is 38.3 Å². The third-order valence-electron chi connectivity index (χ3n) is 12.2. The molecule has 5 nitrogen and oxygen atoms in total. The van der Waals surface area contributed by atoms with Gasteiger partial charge in [0.05, 0.1) is 33.5 Å². The van der Waals surface area contributed by atoms with Gasteiger partial charge in [0.1, 0.15) is 11.2 Å². The standard InChI is InChI=1S/C53H38N4O/c1-55-49(35-17-7-3-8-18-35)33-44(34-15-5-2-6-16-34)54-53(55)57-47-29-26-37(32-43(47)51-48(57)30-27-41-40-22-12-14-24-50(40)58-52(41)51)36-25-28-46-42(31-36)39-21-11-13-23-45(39)56(46)38-19-9-4-10-20-38/h2-33,44,53-54H,1H3. The SMILES string of the molecule is CN1C(c2ccccc2)=CC(c2ccccc2)NC1n1c2ccc(-c3ccc4c(c3)c3ccccc3n4-c3ccccc3)cc2c2c3oc4ccccc4c3ccc21. The Morgan fingerprint density at radius 2 is 1.10 bits per heavy atom. The second-order valence-electron chi connectivity index (χ2n) is 15.4. The van der Waals surface area contributed by atoms with Crippen LogP contribution < -0.4 is 5.32 Å². The predicted octanol–water partition coefficient (Wildman–Crippen LogP) is 13.2. The smallest absolute Gasteiger partial charge is 0.162 e. The zero-order chi connectivity index (χ0) is 38.3. The van der Waals surface area contributed by atoms with Crippen molar-refractivity contribution in [2.75, 3.05) is 7.05 Å². The van der Waals surface area contributed by atoms with Gasteiger partial charge in [-0.15, -0.1) is 0 Å². The first kappa shape index (κ1) is 32.9. The summed E-state index contributed by atoms with van der Waals surface area (Å²) < 4.78 is 11.7. The highest BCUT2D eigenvalue weighted by molar-refractivity contribution is 6.24. The van der Waals surface area contributed by atoms with Crippen molar-refractivity contribution in [3.63, 3.8) is 0 Å². The molecule has 11 aromatic rings. The molecular formula is C53H38N4O. The van der Waals surface area contributed by atoms with Crippen molar-refractivity contribution in [3.05, 3.63) is 205 Å². The predicted molar refractivity (Wildman–Crippen MR) is 240 cm³/mol. The maximum absolute atomic E-state index is 6.82. The summed E-state index contributed by atoms with van der Waals surface area (Å²) in [5, 5.41) is 11.1. The summed E-state index contributed by atoms with van der Waals surface area (Å²) in [6.07, 6.45) is 2.15. The average molecular weight is 747 g/mol. The van der Waals surface area contributed by atoms with Crippen LogP contribution in [0.5, 0.6) is 0 Å². The largest absolute Gasteiger partial charge is 0.455 e. The number of aromatic nitrogens is 2. The molecule has 5 heteroatoms. The molecule has 3 aromatic heterocycles. The van der Waals surface area contributed by atoms with Crippen LogP contribution in [0.2, 0.25) is 0 Å². The monoisotopic (exact) mass is 746 g/mol. The molecule has 276 valence electrons. The van der Waals surface area contributed by atoms with Crippen molar-refractivity contribution in [1.29, 1.82) is 0 Å². The average Bonchev–Trinajstić information content (AvgIpc) is 3.94. The van der Waals surface area contributed by atoms with Crippen molar-refractivity contribution in [1.82, 2.24) is 19.4 Å². The van der Waals surface area contributed by atoms with Crippen LogP contribution in [-0.4, -0.2) is 21.1 Å². The number of para-hydroxylation sites is 3. The summed E-state index contributed by atoms with van der Waals surface area (Å²) in [5.41, 5.74) is 13.5. The van der Waals surface area contributed by atoms with Gasteiger partial charge in [0.15, 0.2) is 6.29 Å². The normalized spacial score (nSPS) is 16.0. The number of hydrogen-bond donors (Lipinski definition) is 1. The summed E-state index contributed by atoms with van der Waals surface area (Å²) in [5.74, 6) is 0. The van der Waals surface area contributed by atoms with E-state index in [0.29, 0.717) is 0 Å². The fourth-order valence-corrected chi connectivity index (χ4v) is 9.50. The molecule has 0 aliphatic carbocycles. The maximum Gasteiger partial charge on any atom is 0.162 e. The Balaban J connectivity index is 1.10. The van der Waals surface area contributed by atoms with Crippen LogP contribution in [0.1, 0.15) is 23.5 Å². The number of fused-ring (bicyclic) bond motifs is 10. The molecule has 0 saturated heterocycles. The Morgan fingerprint density at radius 3 is 1.90 bits per heavy atom. The van der Waals surface area contributed by atoms with Gasteiger partial charge in [0.25, 0.3) is 0 Å². The quantitative estimate of drug-likeness (QED) is 0.191. The van der Waals surface area contributed by atoms with Crippen LogP contribution in [0.25, 0.3) is 88.1 Å². The minimum absolute atomic E-state index is 0.0101. The van der Waals surface area contributed by atoms with Gasteiger partial charge in [-0.2, -0.15) is 0 Å². The number of rotatable bonds is 5. The van der Waals surface area contributed by atoms with E-state index in [-0.39, 0.29) is 12.3 Å². The number of nitrogens with one attached hydrogen (secondary N) is 1. The molecule has 0 spiro atoms. The fraction of sp³-hybridized carbons (Fsp3) is 0.0566. The van der Waals surface area contributed by atoms with E-state index in [1.54, 1.807) is 0 Å². The van der Waals surface area contributed by atoms with E-state index >= 15 is 0 Å². The van der Waals surface area contributed by atoms with E-state index in [9.17, 15) is 0 Å². The number of furan rings is 1. The van der Waals surface area contributed by atoms with Crippen molar-refractivity contribution < 1.29 is 4.42 Å². The molecule has 0 radical (unpaired) electrons. The Morgan fingerprint density at radius 1 is 0.483 bits per heavy atom. The summed E-state index contributed by atoms with van der Waals surface area (Å²) in [4.78, 5) is 2.38. The first-order chi connectivity index (χ1) is 28.7. The van der Waals surface area contributed by atoms with Crippen molar-refractivity contribution >= 4 is 71.2 Å². The third kappa shape index (κ3) is 4.93. The molecule has 58 heavy (non-hydrogen) atoms. The first-order valence-corrected chi connectivity index (χ1v) is 20.0. The van der Waals surface area contributed by atoms with Crippen molar-refractivity contribution in [3.8, 4) is 16.8 Å². The van der Waals surface area contributed by atoms with Gasteiger partial charge in [0, 0.05) is 45.4 Å². The number of nitrogens with zero attached hydrogens (tertiary/aromatic N) is 3. The zero-order valence-electron chi connectivity index (χ0n) is 31.9. The van der Waals surface area contributed by atoms with Crippen LogP contribution in [0.4, 0.5) is 0 Å². The van der Waals surface area contributed by atoms with Crippen LogP contribution in [0, 0.1) is 0 Å². The number of hydrogen-bond acceptors (Lipinski definition) is 3. The molecule has 2 atom stereocenters. The number of benzene rings is 8. The molecule has 0 saturated carbocycles. The lowest BCUT2D eigenvalue weighted by molar-refractivity contribution is 0.193. The zero-order valence-corrected chi connectivity index (χ0v) is 31.9.